The summed E-state index contributed by atoms with van der Waals surface area (Å²) < 4.78 is 0. The summed E-state index contributed by atoms with van der Waals surface area (Å²) in [5.74, 6) is -0.431. The first-order chi connectivity index (χ1) is 10.7. The average molecular weight is 290 g/mol. The average Bonchev–Trinajstić information content (AvgIpc) is 3.11. The Kier molecular flexibility index (Phi) is 2.72. The molecule has 0 aliphatic carbocycles. The largest absolute Gasteiger partial charge is 0.509 e. The number of benzene rings is 2. The number of H-pyrrole nitrogens is 1. The monoisotopic (exact) mass is 290 g/mol. The van der Waals surface area contributed by atoms with E-state index in [4.69, 9.17) is 0 Å². The quantitative estimate of drug-likeness (QED) is 0.762. The molecule has 0 bridgehead atoms. The standard InChI is InChI=1S/C17H12N3O2/c21-15-9-16(22)20(17(15)11-4-2-1-3-5-11)12-6-7-13-14(8-12)19-10-18-13/h1-8,10,17,21H,(H,18,19). The van der Waals surface area contributed by atoms with E-state index in [1.165, 1.54) is 4.90 Å². The summed E-state index contributed by atoms with van der Waals surface area (Å²) in [6.45, 7) is 0. The number of aliphatic hydroxyl groups is 1. The first-order valence-corrected chi connectivity index (χ1v) is 6.88. The normalized spacial score (nSPS) is 18.0. The summed E-state index contributed by atoms with van der Waals surface area (Å²) in [4.78, 5) is 21.0. The summed E-state index contributed by atoms with van der Waals surface area (Å²) >= 11 is 0. The van der Waals surface area contributed by atoms with Crippen LogP contribution in [0, 0.1) is 6.08 Å². The van der Waals surface area contributed by atoms with Crippen LogP contribution in [-0.2, 0) is 4.79 Å². The van der Waals surface area contributed by atoms with Gasteiger partial charge in [0.2, 0.25) is 0 Å². The number of amides is 1. The number of aliphatic hydroxyl groups excluding tert-OH is 1. The third-order valence-electron chi connectivity index (χ3n) is 3.77. The van der Waals surface area contributed by atoms with Crippen molar-refractivity contribution in [3.63, 3.8) is 0 Å². The van der Waals surface area contributed by atoms with Gasteiger partial charge in [-0.3, -0.25) is 9.69 Å². The van der Waals surface area contributed by atoms with Gasteiger partial charge in [-0.25, -0.2) is 4.98 Å². The lowest BCUT2D eigenvalue weighted by Crippen LogP contribution is -2.29. The van der Waals surface area contributed by atoms with Crippen molar-refractivity contribution < 1.29 is 9.90 Å². The molecule has 5 nitrogen and oxygen atoms in total. The Labute approximate surface area is 126 Å². The molecule has 2 N–H and O–H groups in total. The van der Waals surface area contributed by atoms with Gasteiger partial charge in [0.1, 0.15) is 11.8 Å². The van der Waals surface area contributed by atoms with E-state index in [1.807, 2.05) is 48.5 Å². The molecule has 5 heteroatoms. The second-order valence-corrected chi connectivity index (χ2v) is 5.10. The van der Waals surface area contributed by atoms with Crippen LogP contribution < -0.4 is 4.90 Å². The van der Waals surface area contributed by atoms with Gasteiger partial charge in [-0.05, 0) is 23.8 Å². The molecule has 1 aliphatic heterocycles. The van der Waals surface area contributed by atoms with Gasteiger partial charge in [0.05, 0.1) is 23.4 Å². The van der Waals surface area contributed by atoms with Crippen molar-refractivity contribution in [2.75, 3.05) is 4.90 Å². The van der Waals surface area contributed by atoms with Crippen molar-refractivity contribution in [1.29, 1.82) is 0 Å². The number of nitrogens with one attached hydrogen (secondary N) is 1. The fraction of sp³-hybridized carbons (Fsp3) is 0.0588. The fourth-order valence-electron chi connectivity index (χ4n) is 2.76. The summed E-state index contributed by atoms with van der Waals surface area (Å²) in [7, 11) is 0. The molecule has 0 saturated heterocycles. The van der Waals surface area contributed by atoms with Gasteiger partial charge in [0, 0.05) is 5.69 Å². The van der Waals surface area contributed by atoms with Gasteiger partial charge in [-0.1, -0.05) is 30.3 Å². The smallest absolute Gasteiger partial charge is 0.263 e. The molecule has 1 atom stereocenters. The number of hydrogen-bond donors (Lipinski definition) is 2. The van der Waals surface area contributed by atoms with Crippen LogP contribution in [0.3, 0.4) is 0 Å². The fourth-order valence-corrected chi connectivity index (χ4v) is 2.76. The maximum Gasteiger partial charge on any atom is 0.263 e. The van der Waals surface area contributed by atoms with Crippen LogP contribution in [0.15, 0.2) is 60.6 Å². The third-order valence-corrected chi connectivity index (χ3v) is 3.77. The van der Waals surface area contributed by atoms with Crippen molar-refractivity contribution in [3.8, 4) is 0 Å². The van der Waals surface area contributed by atoms with Gasteiger partial charge in [-0.2, -0.15) is 0 Å². The van der Waals surface area contributed by atoms with Crippen LogP contribution in [0.4, 0.5) is 5.69 Å². The molecule has 2 heterocycles. The van der Waals surface area contributed by atoms with Crippen LogP contribution in [-0.4, -0.2) is 21.0 Å². The molecule has 22 heavy (non-hydrogen) atoms. The van der Waals surface area contributed by atoms with Gasteiger partial charge >= 0.3 is 0 Å². The Morgan fingerprint density at radius 2 is 2.00 bits per heavy atom. The predicted octanol–water partition coefficient (Wildman–Crippen LogP) is 2.90. The predicted molar refractivity (Wildman–Crippen MR) is 82.1 cm³/mol. The minimum absolute atomic E-state index is 0.0710. The molecule has 4 rings (SSSR count). The Morgan fingerprint density at radius 3 is 2.82 bits per heavy atom. The number of aromatic amines is 1. The number of anilines is 1. The molecule has 1 aliphatic rings. The lowest BCUT2D eigenvalue weighted by Gasteiger charge is -2.25. The number of fused-ring (bicyclic) bond motifs is 1. The van der Waals surface area contributed by atoms with Crippen molar-refractivity contribution in [3.05, 3.63) is 72.3 Å². The SMILES string of the molecule is O=C1[C]=C(O)C(c2ccccc2)N1c1ccc2[nH]cnc2c1. The second kappa shape index (κ2) is 4.73. The molecule has 107 valence electrons. The highest BCUT2D eigenvalue weighted by molar-refractivity contribution is 6.03. The number of carbonyl (C=O) groups is 1. The van der Waals surface area contributed by atoms with E-state index in [9.17, 15) is 9.90 Å². The van der Waals surface area contributed by atoms with Crippen LogP contribution in [0.25, 0.3) is 11.0 Å². The van der Waals surface area contributed by atoms with E-state index in [1.54, 1.807) is 6.33 Å². The van der Waals surface area contributed by atoms with Crippen LogP contribution in [0.5, 0.6) is 0 Å². The number of aromatic nitrogens is 2. The summed E-state index contributed by atoms with van der Waals surface area (Å²) in [6.07, 6.45) is 4.09. The number of hydrogen-bond acceptors (Lipinski definition) is 3. The van der Waals surface area contributed by atoms with E-state index >= 15 is 0 Å². The maximum absolute atomic E-state index is 12.2. The number of nitrogens with zero attached hydrogens (tertiary/aromatic N) is 2. The van der Waals surface area contributed by atoms with Crippen LogP contribution >= 0.6 is 0 Å². The highest BCUT2D eigenvalue weighted by Gasteiger charge is 2.35. The molecule has 1 amide bonds. The van der Waals surface area contributed by atoms with Crippen molar-refractivity contribution in [2.24, 2.45) is 0 Å². The van der Waals surface area contributed by atoms with Crippen LogP contribution in [0.1, 0.15) is 11.6 Å². The lowest BCUT2D eigenvalue weighted by molar-refractivity contribution is -0.114. The topological polar surface area (TPSA) is 69.2 Å². The molecule has 2 aromatic carbocycles. The molecule has 3 aromatic rings. The Morgan fingerprint density at radius 1 is 1.18 bits per heavy atom. The van der Waals surface area contributed by atoms with E-state index in [2.05, 4.69) is 16.0 Å². The number of imidazole rings is 1. The minimum Gasteiger partial charge on any atom is -0.509 e. The summed E-state index contributed by atoms with van der Waals surface area (Å²) in [6, 6.07) is 14.4. The van der Waals surface area contributed by atoms with E-state index < -0.39 is 6.04 Å². The molecule has 1 aromatic heterocycles. The molecule has 0 fully saturated rings. The first kappa shape index (κ1) is 12.6. The van der Waals surface area contributed by atoms with Gasteiger partial charge < -0.3 is 10.1 Å². The van der Waals surface area contributed by atoms with Crippen molar-refractivity contribution >= 4 is 22.6 Å². The lowest BCUT2D eigenvalue weighted by atomic mass is 10.0. The van der Waals surface area contributed by atoms with E-state index in [0.29, 0.717) is 5.69 Å². The zero-order chi connectivity index (χ0) is 15.1. The molecular formula is C17H12N3O2. The molecule has 0 spiro atoms. The van der Waals surface area contributed by atoms with Crippen molar-refractivity contribution in [1.82, 2.24) is 9.97 Å². The zero-order valence-electron chi connectivity index (χ0n) is 11.5. The Hall–Kier alpha value is -3.08. The number of carbonyl (C=O) groups excluding carboxylic acids is 1. The van der Waals surface area contributed by atoms with E-state index in [-0.39, 0.29) is 11.7 Å². The molecule has 0 saturated carbocycles. The number of rotatable bonds is 2. The van der Waals surface area contributed by atoms with Crippen molar-refractivity contribution in [2.45, 2.75) is 6.04 Å². The first-order valence-electron chi connectivity index (χ1n) is 6.88. The Balaban J connectivity index is 1.82. The zero-order valence-corrected chi connectivity index (χ0v) is 11.5. The van der Waals surface area contributed by atoms with Gasteiger partial charge in [0.25, 0.3) is 5.91 Å². The molecule has 1 unspecified atom stereocenters. The van der Waals surface area contributed by atoms with Crippen LogP contribution in [0.2, 0.25) is 0 Å². The highest BCUT2D eigenvalue weighted by atomic mass is 16.3. The van der Waals surface area contributed by atoms with E-state index in [0.717, 1.165) is 16.6 Å². The maximum atomic E-state index is 12.2. The minimum atomic E-state index is -0.551. The molecule has 1 radical (unpaired) electrons. The van der Waals surface area contributed by atoms with Gasteiger partial charge in [0.15, 0.2) is 0 Å². The second-order valence-electron chi connectivity index (χ2n) is 5.10. The Bertz CT molecular complexity index is 883. The molecular weight excluding hydrogens is 278 g/mol. The summed E-state index contributed by atoms with van der Waals surface area (Å²) in [5.41, 5.74) is 3.17. The summed E-state index contributed by atoms with van der Waals surface area (Å²) in [5, 5.41) is 10.1. The van der Waals surface area contributed by atoms with Gasteiger partial charge in [-0.15, -0.1) is 0 Å². The third kappa shape index (κ3) is 1.87. The highest BCUT2D eigenvalue weighted by Crippen LogP contribution is 2.36.